The van der Waals surface area contributed by atoms with E-state index in [0.717, 1.165) is 12.8 Å². The Balaban J connectivity index is 2.46. The van der Waals surface area contributed by atoms with Gasteiger partial charge in [-0.25, -0.2) is 4.98 Å². The van der Waals surface area contributed by atoms with Crippen LogP contribution in [0.2, 0.25) is 5.15 Å². The molecule has 1 aliphatic carbocycles. The summed E-state index contributed by atoms with van der Waals surface area (Å²) in [6.07, 6.45) is 3.62. The Labute approximate surface area is 157 Å². The molecule has 1 aromatic heterocycles. The van der Waals surface area contributed by atoms with E-state index in [0.29, 0.717) is 23.0 Å². The molecule has 0 spiro atoms. The number of amides is 1. The highest BCUT2D eigenvalue weighted by atomic mass is 35.5. The second kappa shape index (κ2) is 7.51. The fraction of sp³-hybridized carbons (Fsp3) is 0.588. The Morgan fingerprint density at radius 1 is 1.40 bits per heavy atom. The molecule has 0 saturated heterocycles. The molecular weight excluding hydrogens is 360 g/mol. The lowest BCUT2D eigenvalue weighted by Gasteiger charge is -2.21. The third-order valence-electron chi connectivity index (χ3n) is 3.89. The first-order valence-electron chi connectivity index (χ1n) is 8.13. The topological polar surface area (TPSA) is 71.9 Å². The van der Waals surface area contributed by atoms with Crippen LogP contribution < -0.4 is 4.90 Å². The maximum Gasteiger partial charge on any atom is 0.254 e. The third-order valence-corrected chi connectivity index (χ3v) is 5.53. The lowest BCUT2D eigenvalue weighted by atomic mass is 10.1. The van der Waals surface area contributed by atoms with E-state index in [-0.39, 0.29) is 11.1 Å². The van der Waals surface area contributed by atoms with Crippen LogP contribution in [0.3, 0.4) is 0 Å². The van der Waals surface area contributed by atoms with Gasteiger partial charge in [0.2, 0.25) is 0 Å². The van der Waals surface area contributed by atoms with E-state index >= 15 is 0 Å². The van der Waals surface area contributed by atoms with Crippen LogP contribution in [0.15, 0.2) is 10.5 Å². The zero-order valence-corrected chi connectivity index (χ0v) is 17.1. The van der Waals surface area contributed by atoms with Crippen LogP contribution in [0.25, 0.3) is 0 Å². The number of nitrogens with zero attached hydrogens (tertiary/aromatic N) is 4. The highest BCUT2D eigenvalue weighted by Crippen LogP contribution is 2.32. The predicted octanol–water partition coefficient (Wildman–Crippen LogP) is 2.92. The van der Waals surface area contributed by atoms with Crippen molar-refractivity contribution in [3.05, 3.63) is 22.3 Å². The van der Waals surface area contributed by atoms with Crippen molar-refractivity contribution in [1.29, 1.82) is 0 Å². The van der Waals surface area contributed by atoms with Crippen LogP contribution in [0, 0.1) is 0 Å². The quantitative estimate of drug-likeness (QED) is 0.444. The van der Waals surface area contributed by atoms with Gasteiger partial charge >= 0.3 is 0 Å². The number of anilines is 1. The van der Waals surface area contributed by atoms with Gasteiger partial charge in [-0.1, -0.05) is 16.0 Å². The summed E-state index contributed by atoms with van der Waals surface area (Å²) in [5.74, 6) is 0.463. The molecular formula is C17H25ClN4O2S. The Bertz CT molecular complexity index is 684. The monoisotopic (exact) mass is 384 g/mol. The van der Waals surface area contributed by atoms with Gasteiger partial charge in [0.05, 0.1) is 11.8 Å². The largest absolute Gasteiger partial charge is 0.591 e. The summed E-state index contributed by atoms with van der Waals surface area (Å²) in [7, 11) is 5.30. The minimum atomic E-state index is -1.44. The van der Waals surface area contributed by atoms with E-state index in [1.54, 1.807) is 20.2 Å². The second-order valence-corrected chi connectivity index (χ2v) is 9.66. The molecule has 1 saturated carbocycles. The van der Waals surface area contributed by atoms with Crippen LogP contribution in [0.5, 0.6) is 0 Å². The first-order valence-corrected chi connectivity index (χ1v) is 9.62. The molecule has 0 N–H and O–H groups in total. The average Bonchev–Trinajstić information content (AvgIpc) is 3.35. The van der Waals surface area contributed by atoms with Crippen molar-refractivity contribution >= 4 is 40.9 Å². The molecule has 138 valence electrons. The van der Waals surface area contributed by atoms with Gasteiger partial charge in [0.15, 0.2) is 0 Å². The van der Waals surface area contributed by atoms with Crippen LogP contribution in [0.4, 0.5) is 5.82 Å². The molecule has 1 heterocycles. The maximum absolute atomic E-state index is 12.6. The van der Waals surface area contributed by atoms with Crippen LogP contribution in [0.1, 0.15) is 49.5 Å². The Hall–Kier alpha value is -1.31. The van der Waals surface area contributed by atoms with Gasteiger partial charge in [0.1, 0.15) is 27.1 Å². The summed E-state index contributed by atoms with van der Waals surface area (Å²) >= 11 is 4.91. The molecule has 1 amide bonds. The highest BCUT2D eigenvalue weighted by molar-refractivity contribution is 7.91. The lowest BCUT2D eigenvalue weighted by molar-refractivity contribution is 0.0827. The van der Waals surface area contributed by atoms with Crippen molar-refractivity contribution in [2.75, 3.05) is 26.0 Å². The van der Waals surface area contributed by atoms with Crippen molar-refractivity contribution in [2.45, 2.75) is 44.4 Å². The molecule has 6 nitrogen and oxygen atoms in total. The summed E-state index contributed by atoms with van der Waals surface area (Å²) in [4.78, 5) is 20.5. The fourth-order valence-corrected chi connectivity index (χ4v) is 2.89. The number of pyridine rings is 1. The molecule has 0 radical (unpaired) electrons. The van der Waals surface area contributed by atoms with Crippen molar-refractivity contribution in [2.24, 2.45) is 4.40 Å². The predicted molar refractivity (Wildman–Crippen MR) is 104 cm³/mol. The molecule has 1 atom stereocenters. The molecule has 1 aliphatic rings. The molecule has 0 bridgehead atoms. The number of halogens is 1. The lowest BCUT2D eigenvalue weighted by Crippen LogP contribution is -2.27. The number of aromatic nitrogens is 1. The van der Waals surface area contributed by atoms with Crippen LogP contribution in [-0.2, 0) is 11.4 Å². The summed E-state index contributed by atoms with van der Waals surface area (Å²) < 4.78 is 15.8. The van der Waals surface area contributed by atoms with E-state index in [4.69, 9.17) is 11.6 Å². The Morgan fingerprint density at radius 3 is 2.48 bits per heavy atom. The van der Waals surface area contributed by atoms with E-state index < -0.39 is 16.1 Å². The van der Waals surface area contributed by atoms with Gasteiger partial charge in [-0.2, -0.15) is 0 Å². The number of carbonyl (C=O) groups is 1. The number of carbonyl (C=O) groups excluding carboxylic acids is 1. The SMILES string of the molecule is CN(C)C(=O)c1cc(N(C)C2CC2)nc(Cl)c1/C=N/[S+]([O-])C(C)(C)C. The van der Waals surface area contributed by atoms with E-state index in [1.807, 2.05) is 32.7 Å². The smallest absolute Gasteiger partial charge is 0.254 e. The Morgan fingerprint density at radius 2 is 2.00 bits per heavy atom. The number of hydrogen-bond acceptors (Lipinski definition) is 5. The minimum absolute atomic E-state index is 0.185. The minimum Gasteiger partial charge on any atom is -0.591 e. The first-order chi connectivity index (χ1) is 11.5. The fourth-order valence-electron chi connectivity index (χ4n) is 2.14. The summed E-state index contributed by atoms with van der Waals surface area (Å²) in [5, 5.41) is 0.185. The normalized spacial score (nSPS) is 16.2. The van der Waals surface area contributed by atoms with Gasteiger partial charge in [-0.05, 0) is 39.7 Å². The van der Waals surface area contributed by atoms with Gasteiger partial charge in [0.25, 0.3) is 5.91 Å². The molecule has 1 aromatic rings. The van der Waals surface area contributed by atoms with Crippen LogP contribution >= 0.6 is 11.6 Å². The third kappa shape index (κ3) is 4.86. The van der Waals surface area contributed by atoms with Gasteiger partial charge in [-0.3, -0.25) is 4.79 Å². The molecule has 1 fully saturated rings. The van der Waals surface area contributed by atoms with Crippen LogP contribution in [-0.4, -0.2) is 58.5 Å². The summed E-state index contributed by atoms with van der Waals surface area (Å²) in [6.45, 7) is 5.50. The molecule has 2 rings (SSSR count). The first kappa shape index (κ1) is 20.0. The standard InChI is InChI=1S/C17H25ClN4O2S/c1-17(2,3)25(24)19-10-13-12(16(23)21(4)5)9-14(20-15(13)18)22(6)11-7-8-11/h9-11H,7-8H2,1-6H3/b19-10+. The number of rotatable bonds is 5. The number of hydrogen-bond donors (Lipinski definition) is 0. The maximum atomic E-state index is 12.6. The molecule has 0 aliphatic heterocycles. The summed E-state index contributed by atoms with van der Waals surface area (Å²) in [5.41, 5.74) is 0.799. The van der Waals surface area contributed by atoms with Crippen molar-refractivity contribution in [3.63, 3.8) is 0 Å². The average molecular weight is 385 g/mol. The van der Waals surface area contributed by atoms with E-state index in [1.165, 1.54) is 11.1 Å². The summed E-state index contributed by atoms with van der Waals surface area (Å²) in [6, 6.07) is 2.17. The molecule has 25 heavy (non-hydrogen) atoms. The van der Waals surface area contributed by atoms with Crippen molar-refractivity contribution in [3.8, 4) is 0 Å². The van der Waals surface area contributed by atoms with Gasteiger partial charge in [0, 0.05) is 32.7 Å². The molecule has 0 aromatic carbocycles. The zero-order chi connectivity index (χ0) is 18.9. The van der Waals surface area contributed by atoms with Gasteiger partial charge in [-0.15, -0.1) is 0 Å². The van der Waals surface area contributed by atoms with Crippen molar-refractivity contribution in [1.82, 2.24) is 9.88 Å². The zero-order valence-electron chi connectivity index (χ0n) is 15.5. The van der Waals surface area contributed by atoms with E-state index in [2.05, 4.69) is 9.38 Å². The Kier molecular flexibility index (Phi) is 6.01. The highest BCUT2D eigenvalue weighted by Gasteiger charge is 2.30. The molecule has 1 unspecified atom stereocenters. The van der Waals surface area contributed by atoms with Gasteiger partial charge < -0.3 is 14.4 Å². The molecule has 8 heteroatoms. The second-order valence-electron chi connectivity index (χ2n) is 7.37. The van der Waals surface area contributed by atoms with E-state index in [9.17, 15) is 9.35 Å². The van der Waals surface area contributed by atoms with Crippen molar-refractivity contribution < 1.29 is 9.35 Å².